The number of hydrogen-bond donors (Lipinski definition) is 1. The maximum atomic E-state index is 11.1. The Morgan fingerprint density at radius 2 is 1.70 bits per heavy atom. The van der Waals surface area contributed by atoms with Gasteiger partial charge in [-0.05, 0) is 12.0 Å². The summed E-state index contributed by atoms with van der Waals surface area (Å²) in [5.41, 5.74) is 7.71. The van der Waals surface area contributed by atoms with Gasteiger partial charge >= 0.3 is 0 Å². The summed E-state index contributed by atoms with van der Waals surface area (Å²) in [5, 5.41) is 11.1. The fourth-order valence-electron chi connectivity index (χ4n) is 2.38. The molecule has 2 rings (SSSR count). The predicted octanol–water partition coefficient (Wildman–Crippen LogP) is 3.40. The highest BCUT2D eigenvalue weighted by molar-refractivity contribution is 5.42. The van der Waals surface area contributed by atoms with E-state index < -0.39 is 5.54 Å². The van der Waals surface area contributed by atoms with E-state index in [9.17, 15) is 10.1 Å². The minimum atomic E-state index is -0.590. The van der Waals surface area contributed by atoms with E-state index in [0.29, 0.717) is 18.4 Å². The van der Waals surface area contributed by atoms with Crippen molar-refractivity contribution >= 4 is 5.69 Å². The van der Waals surface area contributed by atoms with Crippen molar-refractivity contribution in [3.63, 3.8) is 0 Å². The van der Waals surface area contributed by atoms with Gasteiger partial charge in [-0.1, -0.05) is 55.5 Å². The summed E-state index contributed by atoms with van der Waals surface area (Å²) in [5.74, 6) is 0. The summed E-state index contributed by atoms with van der Waals surface area (Å²) >= 11 is 0. The second kappa shape index (κ2) is 5.84. The molecular formula is C16H18N2O2. The van der Waals surface area contributed by atoms with Crippen LogP contribution in [0.15, 0.2) is 54.6 Å². The van der Waals surface area contributed by atoms with E-state index in [1.54, 1.807) is 12.1 Å². The Labute approximate surface area is 118 Å². The largest absolute Gasteiger partial charge is 0.321 e. The van der Waals surface area contributed by atoms with Gasteiger partial charge in [-0.2, -0.15) is 0 Å². The van der Waals surface area contributed by atoms with Crippen LogP contribution in [-0.2, 0) is 12.0 Å². The van der Waals surface area contributed by atoms with E-state index in [2.05, 4.69) is 0 Å². The second-order valence-electron chi connectivity index (χ2n) is 4.94. The minimum Gasteiger partial charge on any atom is -0.321 e. The highest BCUT2D eigenvalue weighted by Gasteiger charge is 2.28. The number of benzene rings is 2. The topological polar surface area (TPSA) is 69.2 Å². The van der Waals surface area contributed by atoms with Crippen molar-refractivity contribution in [2.45, 2.75) is 25.3 Å². The van der Waals surface area contributed by atoms with Crippen LogP contribution in [-0.4, -0.2) is 4.92 Å². The first-order valence-electron chi connectivity index (χ1n) is 6.63. The van der Waals surface area contributed by atoms with Gasteiger partial charge in [-0.25, -0.2) is 0 Å². The summed E-state index contributed by atoms with van der Waals surface area (Å²) in [6.07, 6.45) is 1.16. The van der Waals surface area contributed by atoms with Gasteiger partial charge in [0.15, 0.2) is 0 Å². The van der Waals surface area contributed by atoms with E-state index in [1.165, 1.54) is 6.07 Å². The lowest BCUT2D eigenvalue weighted by Gasteiger charge is -2.29. The molecule has 0 heterocycles. The van der Waals surface area contributed by atoms with Crippen molar-refractivity contribution in [2.75, 3.05) is 0 Å². The van der Waals surface area contributed by atoms with Crippen LogP contribution < -0.4 is 5.73 Å². The summed E-state index contributed by atoms with van der Waals surface area (Å²) in [6.45, 7) is 2.00. The SMILES string of the molecule is CCC(N)(Cc1ccccc1[N+](=O)[O-])c1ccccc1. The maximum Gasteiger partial charge on any atom is 0.272 e. The molecule has 1 atom stereocenters. The average Bonchev–Trinajstić information content (AvgIpc) is 2.48. The Morgan fingerprint density at radius 3 is 2.30 bits per heavy atom. The van der Waals surface area contributed by atoms with Crippen LogP contribution >= 0.6 is 0 Å². The fourth-order valence-corrected chi connectivity index (χ4v) is 2.38. The van der Waals surface area contributed by atoms with Gasteiger partial charge in [-0.15, -0.1) is 0 Å². The molecule has 0 fully saturated rings. The van der Waals surface area contributed by atoms with Crippen LogP contribution in [0.3, 0.4) is 0 Å². The number of para-hydroxylation sites is 1. The smallest absolute Gasteiger partial charge is 0.272 e. The number of nitro groups is 1. The monoisotopic (exact) mass is 270 g/mol. The molecule has 4 nitrogen and oxygen atoms in total. The molecule has 2 N–H and O–H groups in total. The van der Waals surface area contributed by atoms with Crippen molar-refractivity contribution < 1.29 is 4.92 Å². The molecule has 20 heavy (non-hydrogen) atoms. The van der Waals surface area contributed by atoms with Crippen LogP contribution in [0.4, 0.5) is 5.69 Å². The standard InChI is InChI=1S/C16H18N2O2/c1-2-16(17,14-9-4-3-5-10-14)12-13-8-6-7-11-15(13)18(19)20/h3-11H,2,12,17H2,1H3. The molecule has 0 aliphatic carbocycles. The third-order valence-corrected chi connectivity index (χ3v) is 3.67. The van der Waals surface area contributed by atoms with E-state index in [0.717, 1.165) is 5.56 Å². The molecule has 0 saturated heterocycles. The molecule has 1 unspecified atom stereocenters. The first-order valence-corrected chi connectivity index (χ1v) is 6.63. The van der Waals surface area contributed by atoms with Gasteiger partial charge in [0.25, 0.3) is 5.69 Å². The molecule has 4 heteroatoms. The maximum absolute atomic E-state index is 11.1. The second-order valence-corrected chi connectivity index (χ2v) is 4.94. The van der Waals surface area contributed by atoms with Crippen LogP contribution in [0, 0.1) is 10.1 Å². The summed E-state index contributed by atoms with van der Waals surface area (Å²) < 4.78 is 0. The molecule has 2 aromatic rings. The van der Waals surface area contributed by atoms with Crippen LogP contribution in [0.1, 0.15) is 24.5 Å². The summed E-state index contributed by atoms with van der Waals surface area (Å²) in [7, 11) is 0. The number of nitrogens with zero attached hydrogens (tertiary/aromatic N) is 1. The van der Waals surface area contributed by atoms with Gasteiger partial charge < -0.3 is 5.73 Å². The predicted molar refractivity (Wildman–Crippen MR) is 79.4 cm³/mol. The first kappa shape index (κ1) is 14.2. The number of rotatable bonds is 5. The van der Waals surface area contributed by atoms with E-state index in [-0.39, 0.29) is 10.6 Å². The molecule has 2 aromatic carbocycles. The van der Waals surface area contributed by atoms with Crippen molar-refractivity contribution in [1.29, 1.82) is 0 Å². The molecule has 0 amide bonds. The van der Waals surface area contributed by atoms with Crippen molar-refractivity contribution in [2.24, 2.45) is 5.73 Å². The third kappa shape index (κ3) is 2.86. The molecule has 0 aliphatic heterocycles. The molecule has 0 aliphatic rings. The van der Waals surface area contributed by atoms with Gasteiger partial charge in [0.1, 0.15) is 0 Å². The molecule has 104 valence electrons. The lowest BCUT2D eigenvalue weighted by molar-refractivity contribution is -0.385. The molecule has 0 bridgehead atoms. The summed E-state index contributed by atoms with van der Waals surface area (Å²) in [6, 6.07) is 16.5. The number of nitro benzene ring substituents is 1. The molecule has 0 spiro atoms. The third-order valence-electron chi connectivity index (χ3n) is 3.67. The molecular weight excluding hydrogens is 252 g/mol. The molecule has 0 aromatic heterocycles. The van der Waals surface area contributed by atoms with E-state index in [4.69, 9.17) is 5.73 Å². The van der Waals surface area contributed by atoms with Crippen molar-refractivity contribution in [3.8, 4) is 0 Å². The minimum absolute atomic E-state index is 0.131. The van der Waals surface area contributed by atoms with Crippen LogP contribution in [0.25, 0.3) is 0 Å². The van der Waals surface area contributed by atoms with E-state index in [1.807, 2.05) is 43.3 Å². The lowest BCUT2D eigenvalue weighted by atomic mass is 9.82. The van der Waals surface area contributed by atoms with Crippen molar-refractivity contribution in [3.05, 3.63) is 75.8 Å². The highest BCUT2D eigenvalue weighted by Crippen LogP contribution is 2.30. The highest BCUT2D eigenvalue weighted by atomic mass is 16.6. The van der Waals surface area contributed by atoms with Gasteiger partial charge in [0.2, 0.25) is 0 Å². The molecule has 0 radical (unpaired) electrons. The van der Waals surface area contributed by atoms with Crippen LogP contribution in [0.2, 0.25) is 0 Å². The number of hydrogen-bond acceptors (Lipinski definition) is 3. The quantitative estimate of drug-likeness (QED) is 0.668. The van der Waals surface area contributed by atoms with E-state index >= 15 is 0 Å². The normalized spacial score (nSPS) is 13.7. The first-order chi connectivity index (χ1) is 9.57. The Balaban J connectivity index is 2.39. The Morgan fingerprint density at radius 1 is 1.10 bits per heavy atom. The van der Waals surface area contributed by atoms with Crippen molar-refractivity contribution in [1.82, 2.24) is 0 Å². The Bertz CT molecular complexity index is 598. The van der Waals surface area contributed by atoms with Crippen LogP contribution in [0.5, 0.6) is 0 Å². The molecule has 0 saturated carbocycles. The zero-order valence-corrected chi connectivity index (χ0v) is 11.5. The Kier molecular flexibility index (Phi) is 4.15. The van der Waals surface area contributed by atoms with Gasteiger partial charge in [-0.3, -0.25) is 10.1 Å². The Hall–Kier alpha value is -2.20. The average molecular weight is 270 g/mol. The fraction of sp³-hybridized carbons (Fsp3) is 0.250. The zero-order chi connectivity index (χ0) is 14.6. The lowest BCUT2D eigenvalue weighted by Crippen LogP contribution is -2.38. The van der Waals surface area contributed by atoms with Gasteiger partial charge in [0, 0.05) is 23.6 Å². The summed E-state index contributed by atoms with van der Waals surface area (Å²) in [4.78, 5) is 10.7. The van der Waals surface area contributed by atoms with Gasteiger partial charge in [0.05, 0.1) is 4.92 Å². The number of nitrogens with two attached hydrogens (primary N) is 1. The zero-order valence-electron chi connectivity index (χ0n) is 11.5.